The second-order valence-electron chi connectivity index (χ2n) is 3.59. The van der Waals surface area contributed by atoms with Gasteiger partial charge in [0.25, 0.3) is 0 Å². The summed E-state index contributed by atoms with van der Waals surface area (Å²) in [4.78, 5) is 0. The molecule has 0 atom stereocenters. The maximum absolute atomic E-state index is 13.7. The minimum Gasteiger partial charge on any atom is -0.206 e. The molecular formula is C14H6F2. The second kappa shape index (κ2) is 3.27. The molecule has 0 N–H and O–H groups in total. The second-order valence-corrected chi connectivity index (χ2v) is 3.59. The smallest absolute Gasteiger partial charge is 0.139 e. The van der Waals surface area contributed by atoms with Crippen molar-refractivity contribution in [1.29, 1.82) is 0 Å². The van der Waals surface area contributed by atoms with Crippen molar-refractivity contribution in [2.24, 2.45) is 0 Å². The molecule has 0 unspecified atom stereocenters. The topological polar surface area (TPSA) is 0 Å². The fourth-order valence-corrected chi connectivity index (χ4v) is 1.93. The molecule has 0 nitrogen and oxygen atoms in total. The van der Waals surface area contributed by atoms with Crippen LogP contribution < -0.4 is 0 Å². The number of fused-ring (bicyclic) bond motifs is 3. The monoisotopic (exact) mass is 212 g/mol. The van der Waals surface area contributed by atoms with E-state index >= 15 is 0 Å². The van der Waals surface area contributed by atoms with Crippen LogP contribution in [0.4, 0.5) is 8.78 Å². The zero-order valence-electron chi connectivity index (χ0n) is 8.22. The summed E-state index contributed by atoms with van der Waals surface area (Å²) in [7, 11) is 0. The lowest BCUT2D eigenvalue weighted by atomic mass is 10.0. The van der Waals surface area contributed by atoms with Gasteiger partial charge in [-0.2, -0.15) is 0 Å². The van der Waals surface area contributed by atoms with Gasteiger partial charge in [0.1, 0.15) is 11.6 Å². The Morgan fingerprint density at radius 2 is 1.81 bits per heavy atom. The summed E-state index contributed by atoms with van der Waals surface area (Å²) >= 11 is 0. The van der Waals surface area contributed by atoms with E-state index in [4.69, 9.17) is 0 Å². The summed E-state index contributed by atoms with van der Waals surface area (Å²) in [6.07, 6.45) is 0. The third-order valence-corrected chi connectivity index (χ3v) is 2.67. The maximum atomic E-state index is 13.7. The summed E-state index contributed by atoms with van der Waals surface area (Å²) < 4.78 is 27.2. The van der Waals surface area contributed by atoms with Gasteiger partial charge < -0.3 is 0 Å². The average Bonchev–Trinajstić information content (AvgIpc) is 2.33. The first-order chi connectivity index (χ1) is 7.77. The van der Waals surface area contributed by atoms with Crippen LogP contribution in [0.5, 0.6) is 0 Å². The Balaban J connectivity index is 2.64. The van der Waals surface area contributed by atoms with Crippen LogP contribution in [0.25, 0.3) is 21.5 Å². The van der Waals surface area contributed by atoms with Crippen LogP contribution in [0.2, 0.25) is 0 Å². The molecule has 0 amide bonds. The van der Waals surface area contributed by atoms with E-state index in [1.165, 1.54) is 0 Å². The molecule has 16 heavy (non-hydrogen) atoms. The molecule has 0 fully saturated rings. The fraction of sp³-hybridized carbons (Fsp3) is 0. The third-order valence-electron chi connectivity index (χ3n) is 2.67. The molecule has 0 aromatic heterocycles. The first kappa shape index (κ1) is 9.28. The maximum Gasteiger partial charge on any atom is 0.139 e. The fourth-order valence-electron chi connectivity index (χ4n) is 1.93. The van der Waals surface area contributed by atoms with E-state index in [2.05, 4.69) is 12.1 Å². The number of hydrogen-bond donors (Lipinski definition) is 0. The molecule has 3 rings (SSSR count). The Morgan fingerprint density at radius 1 is 0.938 bits per heavy atom. The normalized spacial score (nSPS) is 11.1. The predicted molar refractivity (Wildman–Crippen MR) is 59.0 cm³/mol. The summed E-state index contributed by atoms with van der Waals surface area (Å²) in [5, 5.41) is 2.11. The van der Waals surface area contributed by atoms with E-state index in [-0.39, 0.29) is 5.39 Å². The van der Waals surface area contributed by atoms with E-state index < -0.39 is 11.6 Å². The van der Waals surface area contributed by atoms with Gasteiger partial charge in [-0.1, -0.05) is 24.3 Å². The summed E-state index contributed by atoms with van der Waals surface area (Å²) in [5.74, 6) is -0.973. The van der Waals surface area contributed by atoms with E-state index in [1.54, 1.807) is 30.3 Å². The first-order valence-corrected chi connectivity index (χ1v) is 4.85. The standard InChI is InChI=1S/C14H6F2/c15-12-7-8-13(16)14-10-4-2-1-3-9(10)5-6-11(12)14/h2-6,8H. The van der Waals surface area contributed by atoms with Crippen molar-refractivity contribution in [2.75, 3.05) is 0 Å². The van der Waals surface area contributed by atoms with Gasteiger partial charge in [0.2, 0.25) is 0 Å². The van der Waals surface area contributed by atoms with Crippen LogP contribution in [0.3, 0.4) is 0 Å². The van der Waals surface area contributed by atoms with Crippen LogP contribution in [-0.4, -0.2) is 0 Å². The number of hydrogen-bond acceptors (Lipinski definition) is 0. The molecule has 3 aromatic rings. The molecule has 0 aliphatic rings. The van der Waals surface area contributed by atoms with E-state index in [0.29, 0.717) is 10.8 Å². The van der Waals surface area contributed by atoms with Crippen LogP contribution >= 0.6 is 0 Å². The van der Waals surface area contributed by atoms with Gasteiger partial charge in [-0.15, -0.1) is 0 Å². The highest BCUT2D eigenvalue weighted by Crippen LogP contribution is 2.28. The van der Waals surface area contributed by atoms with Crippen molar-refractivity contribution in [1.82, 2.24) is 0 Å². The van der Waals surface area contributed by atoms with Gasteiger partial charge in [0, 0.05) is 16.8 Å². The lowest BCUT2D eigenvalue weighted by Gasteiger charge is -2.05. The molecule has 0 aliphatic carbocycles. The lowest BCUT2D eigenvalue weighted by Crippen LogP contribution is -1.86. The third kappa shape index (κ3) is 1.20. The van der Waals surface area contributed by atoms with Crippen molar-refractivity contribution in [3.05, 3.63) is 60.2 Å². The van der Waals surface area contributed by atoms with Gasteiger partial charge in [0.05, 0.1) is 0 Å². The Labute approximate surface area is 91.1 Å². The minimum absolute atomic E-state index is 0.263. The molecule has 3 aromatic carbocycles. The Hall–Kier alpha value is -1.96. The Bertz CT molecular complexity index is 687. The molecule has 0 heterocycles. The van der Waals surface area contributed by atoms with Crippen LogP contribution in [0.15, 0.2) is 36.4 Å². The van der Waals surface area contributed by atoms with E-state index in [0.717, 1.165) is 11.5 Å². The largest absolute Gasteiger partial charge is 0.206 e. The molecule has 0 aliphatic heterocycles. The highest BCUT2D eigenvalue weighted by Gasteiger charge is 2.09. The molecule has 0 spiro atoms. The highest BCUT2D eigenvalue weighted by atomic mass is 19.1. The average molecular weight is 212 g/mol. The summed E-state index contributed by atoms with van der Waals surface area (Å²) in [6.45, 7) is 0. The molecular weight excluding hydrogens is 206 g/mol. The SMILES string of the molecule is Fc1[c]cc(F)c2c1ccc1c[c]ccc12. The van der Waals surface area contributed by atoms with Crippen molar-refractivity contribution < 1.29 is 8.78 Å². The van der Waals surface area contributed by atoms with Crippen molar-refractivity contribution in [2.45, 2.75) is 0 Å². The molecule has 2 heteroatoms. The quantitative estimate of drug-likeness (QED) is 0.496. The van der Waals surface area contributed by atoms with E-state index in [9.17, 15) is 8.78 Å². The molecule has 0 bridgehead atoms. The minimum atomic E-state index is -0.522. The van der Waals surface area contributed by atoms with Gasteiger partial charge in [-0.3, -0.25) is 0 Å². The van der Waals surface area contributed by atoms with Crippen LogP contribution in [-0.2, 0) is 0 Å². The van der Waals surface area contributed by atoms with Crippen molar-refractivity contribution in [3.63, 3.8) is 0 Å². The van der Waals surface area contributed by atoms with Gasteiger partial charge in [-0.25, -0.2) is 8.78 Å². The predicted octanol–water partition coefficient (Wildman–Crippen LogP) is 3.87. The molecule has 0 saturated heterocycles. The number of rotatable bonds is 0. The van der Waals surface area contributed by atoms with Gasteiger partial charge in [0.15, 0.2) is 0 Å². The van der Waals surface area contributed by atoms with Crippen molar-refractivity contribution in [3.8, 4) is 0 Å². The zero-order chi connectivity index (χ0) is 11.1. The highest BCUT2D eigenvalue weighted by molar-refractivity contribution is 6.07. The number of benzene rings is 3. The van der Waals surface area contributed by atoms with Crippen LogP contribution in [0, 0.1) is 23.8 Å². The molecule has 0 saturated carbocycles. The van der Waals surface area contributed by atoms with Gasteiger partial charge in [-0.05, 0) is 29.0 Å². The first-order valence-electron chi connectivity index (χ1n) is 4.85. The van der Waals surface area contributed by atoms with E-state index in [1.807, 2.05) is 0 Å². The Kier molecular flexibility index (Phi) is 1.90. The van der Waals surface area contributed by atoms with Crippen molar-refractivity contribution >= 4 is 21.5 Å². The summed E-state index contributed by atoms with van der Waals surface area (Å²) in [5.41, 5.74) is 0. The lowest BCUT2D eigenvalue weighted by molar-refractivity contribution is 0.616. The molecule has 2 radical (unpaired) electrons. The number of halogens is 2. The zero-order valence-corrected chi connectivity index (χ0v) is 8.22. The van der Waals surface area contributed by atoms with Gasteiger partial charge >= 0.3 is 0 Å². The summed E-state index contributed by atoms with van der Waals surface area (Å²) in [6, 6.07) is 14.7. The molecule has 76 valence electrons. The van der Waals surface area contributed by atoms with Crippen LogP contribution in [0.1, 0.15) is 0 Å². The Morgan fingerprint density at radius 3 is 2.69 bits per heavy atom.